The first-order chi connectivity index (χ1) is 11.6. The lowest BCUT2D eigenvalue weighted by atomic mass is 10.2. The smallest absolute Gasteiger partial charge is 0.289 e. The van der Waals surface area contributed by atoms with Crippen molar-refractivity contribution in [2.24, 2.45) is 0 Å². The monoisotopic (exact) mass is 347 g/mol. The molecule has 1 aliphatic rings. The standard InChI is InChI=1S/C17H18ClN3O3/c18-13-3-1-4-14(11-13)19-16(22)12-20-6-8-21(9-7-20)17(23)15-5-2-10-24-15/h1-5,10-11H,6-9,12H2,(H,19,22). The summed E-state index contributed by atoms with van der Waals surface area (Å²) in [5.41, 5.74) is 0.680. The molecule has 0 radical (unpaired) electrons. The number of furan rings is 1. The minimum absolute atomic E-state index is 0.0944. The van der Waals surface area contributed by atoms with Crippen LogP contribution in [-0.2, 0) is 4.79 Å². The molecule has 2 aromatic rings. The highest BCUT2D eigenvalue weighted by molar-refractivity contribution is 6.30. The zero-order valence-corrected chi connectivity index (χ0v) is 13.8. The third-order valence-electron chi connectivity index (χ3n) is 3.87. The number of anilines is 1. The largest absolute Gasteiger partial charge is 0.459 e. The molecule has 0 unspecified atom stereocenters. The molecule has 2 heterocycles. The van der Waals surface area contributed by atoms with Gasteiger partial charge in [-0.25, -0.2) is 0 Å². The lowest BCUT2D eigenvalue weighted by molar-refractivity contribution is -0.117. The summed E-state index contributed by atoms with van der Waals surface area (Å²) < 4.78 is 5.14. The van der Waals surface area contributed by atoms with Crippen molar-refractivity contribution < 1.29 is 14.0 Å². The molecular weight excluding hydrogens is 330 g/mol. The Kier molecular flexibility index (Phi) is 5.17. The van der Waals surface area contributed by atoms with E-state index in [1.54, 1.807) is 41.3 Å². The molecule has 126 valence electrons. The van der Waals surface area contributed by atoms with Gasteiger partial charge in [-0.3, -0.25) is 14.5 Å². The Labute approximate surface area is 145 Å². The molecule has 1 aromatic carbocycles. The topological polar surface area (TPSA) is 65.8 Å². The number of carbonyl (C=O) groups is 2. The van der Waals surface area contributed by atoms with E-state index < -0.39 is 0 Å². The average Bonchev–Trinajstić information content (AvgIpc) is 3.09. The maximum absolute atomic E-state index is 12.2. The van der Waals surface area contributed by atoms with E-state index in [-0.39, 0.29) is 18.4 Å². The lowest BCUT2D eigenvalue weighted by Crippen LogP contribution is -2.50. The third-order valence-corrected chi connectivity index (χ3v) is 4.10. The molecule has 0 aliphatic carbocycles. The van der Waals surface area contributed by atoms with Crippen molar-refractivity contribution in [3.8, 4) is 0 Å². The number of amides is 2. The van der Waals surface area contributed by atoms with E-state index >= 15 is 0 Å². The van der Waals surface area contributed by atoms with Crippen LogP contribution in [0.5, 0.6) is 0 Å². The summed E-state index contributed by atoms with van der Waals surface area (Å²) in [5, 5.41) is 3.41. The maximum atomic E-state index is 12.2. The number of piperazine rings is 1. The molecule has 24 heavy (non-hydrogen) atoms. The van der Waals surface area contributed by atoms with Crippen molar-refractivity contribution in [1.29, 1.82) is 0 Å². The van der Waals surface area contributed by atoms with Crippen LogP contribution in [-0.4, -0.2) is 54.3 Å². The summed E-state index contributed by atoms with van der Waals surface area (Å²) in [5.74, 6) is 0.147. The fourth-order valence-corrected chi connectivity index (χ4v) is 2.83. The van der Waals surface area contributed by atoms with Crippen LogP contribution in [0, 0.1) is 0 Å². The normalized spacial score (nSPS) is 15.3. The average molecular weight is 348 g/mol. The number of rotatable bonds is 4. The van der Waals surface area contributed by atoms with E-state index in [4.69, 9.17) is 16.0 Å². The molecule has 3 rings (SSSR count). The van der Waals surface area contributed by atoms with Crippen LogP contribution in [0.4, 0.5) is 5.69 Å². The molecule has 0 spiro atoms. The third kappa shape index (κ3) is 4.15. The zero-order chi connectivity index (χ0) is 16.9. The molecule has 1 aliphatic heterocycles. The summed E-state index contributed by atoms with van der Waals surface area (Å²) in [6, 6.07) is 10.4. The SMILES string of the molecule is O=C(CN1CCN(C(=O)c2ccco2)CC1)Nc1cccc(Cl)c1. The first-order valence-corrected chi connectivity index (χ1v) is 8.10. The van der Waals surface area contributed by atoms with Gasteiger partial charge in [0.2, 0.25) is 5.91 Å². The van der Waals surface area contributed by atoms with Gasteiger partial charge in [0.15, 0.2) is 5.76 Å². The van der Waals surface area contributed by atoms with E-state index in [0.29, 0.717) is 42.6 Å². The van der Waals surface area contributed by atoms with Crippen LogP contribution in [0.2, 0.25) is 5.02 Å². The summed E-state index contributed by atoms with van der Waals surface area (Å²) >= 11 is 5.90. The van der Waals surface area contributed by atoms with Gasteiger partial charge < -0.3 is 14.6 Å². The Morgan fingerprint density at radius 2 is 1.92 bits per heavy atom. The van der Waals surface area contributed by atoms with Gasteiger partial charge >= 0.3 is 0 Å². The first kappa shape index (κ1) is 16.5. The van der Waals surface area contributed by atoms with Crippen molar-refractivity contribution in [3.05, 3.63) is 53.4 Å². The molecule has 1 fully saturated rings. The van der Waals surface area contributed by atoms with Crippen molar-refractivity contribution in [2.75, 3.05) is 38.0 Å². The van der Waals surface area contributed by atoms with Crippen LogP contribution >= 0.6 is 11.6 Å². The Morgan fingerprint density at radius 1 is 1.12 bits per heavy atom. The highest BCUT2D eigenvalue weighted by atomic mass is 35.5. The highest BCUT2D eigenvalue weighted by Crippen LogP contribution is 2.15. The quantitative estimate of drug-likeness (QED) is 0.921. The Balaban J connectivity index is 1.47. The van der Waals surface area contributed by atoms with Gasteiger partial charge in [0.05, 0.1) is 12.8 Å². The van der Waals surface area contributed by atoms with Crippen LogP contribution in [0.25, 0.3) is 0 Å². The van der Waals surface area contributed by atoms with Crippen molar-refractivity contribution in [2.45, 2.75) is 0 Å². The van der Waals surface area contributed by atoms with Gasteiger partial charge in [-0.2, -0.15) is 0 Å². The van der Waals surface area contributed by atoms with E-state index in [2.05, 4.69) is 5.32 Å². The second-order valence-electron chi connectivity index (χ2n) is 5.60. The number of halogens is 1. The number of nitrogens with one attached hydrogen (secondary N) is 1. The van der Waals surface area contributed by atoms with Crippen molar-refractivity contribution >= 4 is 29.1 Å². The fourth-order valence-electron chi connectivity index (χ4n) is 2.64. The minimum atomic E-state index is -0.108. The molecule has 2 amide bonds. The zero-order valence-electron chi connectivity index (χ0n) is 13.1. The van der Waals surface area contributed by atoms with Crippen LogP contribution in [0.3, 0.4) is 0 Å². The van der Waals surface area contributed by atoms with Gasteiger partial charge in [0.1, 0.15) is 0 Å². The second-order valence-corrected chi connectivity index (χ2v) is 6.04. The van der Waals surface area contributed by atoms with E-state index in [0.717, 1.165) is 0 Å². The molecule has 0 bridgehead atoms. The number of benzene rings is 1. The fraction of sp³-hybridized carbons (Fsp3) is 0.294. The molecular formula is C17H18ClN3O3. The number of nitrogens with zero attached hydrogens (tertiary/aromatic N) is 2. The van der Waals surface area contributed by atoms with Crippen molar-refractivity contribution in [3.63, 3.8) is 0 Å². The van der Waals surface area contributed by atoms with Gasteiger partial charge in [-0.05, 0) is 30.3 Å². The summed E-state index contributed by atoms with van der Waals surface area (Å²) in [4.78, 5) is 28.0. The maximum Gasteiger partial charge on any atom is 0.289 e. The first-order valence-electron chi connectivity index (χ1n) is 7.72. The van der Waals surface area contributed by atoms with Crippen LogP contribution < -0.4 is 5.32 Å². The predicted molar refractivity (Wildman–Crippen MR) is 91.1 cm³/mol. The Hall–Kier alpha value is -2.31. The summed E-state index contributed by atoms with van der Waals surface area (Å²) in [7, 11) is 0. The highest BCUT2D eigenvalue weighted by Gasteiger charge is 2.24. The Morgan fingerprint density at radius 3 is 2.58 bits per heavy atom. The van der Waals surface area contributed by atoms with Gasteiger partial charge in [0.25, 0.3) is 5.91 Å². The second kappa shape index (κ2) is 7.51. The number of hydrogen-bond donors (Lipinski definition) is 1. The molecule has 0 saturated carbocycles. The molecule has 1 aromatic heterocycles. The lowest BCUT2D eigenvalue weighted by Gasteiger charge is -2.33. The van der Waals surface area contributed by atoms with E-state index in [9.17, 15) is 9.59 Å². The minimum Gasteiger partial charge on any atom is -0.459 e. The Bertz CT molecular complexity index is 710. The van der Waals surface area contributed by atoms with Gasteiger partial charge in [-0.1, -0.05) is 17.7 Å². The molecule has 0 atom stereocenters. The molecule has 1 saturated heterocycles. The van der Waals surface area contributed by atoms with E-state index in [1.165, 1.54) is 6.26 Å². The molecule has 7 heteroatoms. The summed E-state index contributed by atoms with van der Waals surface area (Å²) in [6.45, 7) is 2.73. The molecule has 6 nitrogen and oxygen atoms in total. The summed E-state index contributed by atoms with van der Waals surface area (Å²) in [6.07, 6.45) is 1.49. The van der Waals surface area contributed by atoms with Gasteiger partial charge in [-0.15, -0.1) is 0 Å². The van der Waals surface area contributed by atoms with Crippen LogP contribution in [0.1, 0.15) is 10.6 Å². The van der Waals surface area contributed by atoms with E-state index in [1.807, 2.05) is 4.90 Å². The van der Waals surface area contributed by atoms with Crippen molar-refractivity contribution in [1.82, 2.24) is 9.80 Å². The number of hydrogen-bond acceptors (Lipinski definition) is 4. The van der Waals surface area contributed by atoms with Crippen LogP contribution in [0.15, 0.2) is 47.1 Å². The molecule has 1 N–H and O–H groups in total. The number of carbonyl (C=O) groups excluding carboxylic acids is 2. The van der Waals surface area contributed by atoms with Gasteiger partial charge in [0, 0.05) is 36.9 Å². The predicted octanol–water partition coefficient (Wildman–Crippen LogP) is 2.33.